The number of aliphatic hydroxyl groups is 1. The van der Waals surface area contributed by atoms with Crippen LogP contribution in [0.25, 0.3) is 0 Å². The molecule has 28 heavy (non-hydrogen) atoms. The Morgan fingerprint density at radius 3 is 2.32 bits per heavy atom. The Morgan fingerprint density at radius 2 is 1.82 bits per heavy atom. The highest BCUT2D eigenvalue weighted by atomic mass is 19.4. The van der Waals surface area contributed by atoms with Crippen molar-refractivity contribution in [2.75, 3.05) is 13.7 Å². The van der Waals surface area contributed by atoms with Crippen molar-refractivity contribution in [3.63, 3.8) is 0 Å². The van der Waals surface area contributed by atoms with Gasteiger partial charge in [0.2, 0.25) is 0 Å². The van der Waals surface area contributed by atoms with Crippen LogP contribution in [-0.2, 0) is 15.1 Å². The quantitative estimate of drug-likeness (QED) is 0.592. The summed E-state index contributed by atoms with van der Waals surface area (Å²) in [7, 11) is 1.55. The second-order valence-electron chi connectivity index (χ2n) is 5.96. The molecule has 0 saturated carbocycles. The van der Waals surface area contributed by atoms with Crippen LogP contribution in [0, 0.1) is 6.92 Å². The topological polar surface area (TPSA) is 68.1 Å². The minimum Gasteiger partial charge on any atom is -0.497 e. The van der Waals surface area contributed by atoms with E-state index in [1.54, 1.807) is 37.6 Å². The van der Waals surface area contributed by atoms with Crippen molar-refractivity contribution in [3.8, 4) is 5.75 Å². The van der Waals surface area contributed by atoms with E-state index in [1.165, 1.54) is 19.9 Å². The van der Waals surface area contributed by atoms with Gasteiger partial charge in [-0.25, -0.2) is 4.79 Å². The lowest BCUT2D eigenvalue weighted by Crippen LogP contribution is -2.50. The Labute approximate surface area is 160 Å². The number of hydrogen-bond acceptors (Lipinski definition) is 5. The smallest absolute Gasteiger partial charge is 0.432 e. The van der Waals surface area contributed by atoms with E-state index in [4.69, 9.17) is 4.74 Å². The van der Waals surface area contributed by atoms with Crippen LogP contribution in [0.4, 0.5) is 18.9 Å². The highest BCUT2D eigenvalue weighted by Gasteiger charge is 2.62. The summed E-state index contributed by atoms with van der Waals surface area (Å²) >= 11 is 0. The van der Waals surface area contributed by atoms with Gasteiger partial charge < -0.3 is 14.6 Å². The van der Waals surface area contributed by atoms with Crippen LogP contribution in [0.3, 0.4) is 0 Å². The molecule has 0 aliphatic rings. The molecule has 2 aromatic carbocycles. The van der Waals surface area contributed by atoms with Crippen molar-refractivity contribution >= 4 is 17.9 Å². The Balaban J connectivity index is 2.35. The SMILES string of the molecule is CCOC(=O)C(O)(c1ccc(N=Cc2ccc(OC)cc2)c(C)c1)C(F)(F)F. The van der Waals surface area contributed by atoms with Crippen LogP contribution >= 0.6 is 0 Å². The van der Waals surface area contributed by atoms with E-state index in [1.807, 2.05) is 0 Å². The molecule has 2 aromatic rings. The number of nitrogens with zero attached hydrogens (tertiary/aromatic N) is 1. The third kappa shape index (κ3) is 4.33. The first-order chi connectivity index (χ1) is 13.1. The molecule has 5 nitrogen and oxygen atoms in total. The molecular formula is C20H20F3NO4. The summed E-state index contributed by atoms with van der Waals surface area (Å²) < 4.78 is 49.8. The van der Waals surface area contributed by atoms with Gasteiger partial charge in [-0.05, 0) is 55.3 Å². The molecule has 150 valence electrons. The van der Waals surface area contributed by atoms with Gasteiger partial charge in [0.25, 0.3) is 5.60 Å². The maximum absolute atomic E-state index is 13.4. The molecule has 0 radical (unpaired) electrons. The fourth-order valence-electron chi connectivity index (χ4n) is 2.49. The van der Waals surface area contributed by atoms with Crippen molar-refractivity contribution in [2.45, 2.75) is 25.6 Å². The molecule has 2 rings (SSSR count). The summed E-state index contributed by atoms with van der Waals surface area (Å²) in [6.07, 6.45) is -3.69. The molecule has 0 fully saturated rings. The summed E-state index contributed by atoms with van der Waals surface area (Å²) in [5.74, 6) is -1.08. The zero-order chi connectivity index (χ0) is 20.9. The van der Waals surface area contributed by atoms with Crippen molar-refractivity contribution < 1.29 is 32.5 Å². The van der Waals surface area contributed by atoms with Gasteiger partial charge in [0.15, 0.2) is 0 Å². The first-order valence-corrected chi connectivity index (χ1v) is 8.39. The molecule has 0 heterocycles. The zero-order valence-corrected chi connectivity index (χ0v) is 15.6. The maximum Gasteiger partial charge on any atom is 0.432 e. The first kappa shape index (κ1) is 21.4. The van der Waals surface area contributed by atoms with Crippen LogP contribution in [0.1, 0.15) is 23.6 Å². The molecule has 0 aromatic heterocycles. The van der Waals surface area contributed by atoms with E-state index < -0.39 is 23.3 Å². The zero-order valence-electron chi connectivity index (χ0n) is 15.6. The lowest BCUT2D eigenvalue weighted by molar-refractivity contribution is -0.267. The number of carbonyl (C=O) groups is 1. The van der Waals surface area contributed by atoms with Gasteiger partial charge in [0.05, 0.1) is 19.4 Å². The van der Waals surface area contributed by atoms with Gasteiger partial charge in [0.1, 0.15) is 5.75 Å². The van der Waals surface area contributed by atoms with E-state index in [2.05, 4.69) is 9.73 Å². The number of aliphatic imine (C=N–C) groups is 1. The molecule has 8 heteroatoms. The molecule has 1 atom stereocenters. The van der Waals surface area contributed by atoms with Gasteiger partial charge in [0, 0.05) is 11.8 Å². The molecule has 1 N–H and O–H groups in total. The van der Waals surface area contributed by atoms with E-state index >= 15 is 0 Å². The number of carbonyl (C=O) groups excluding carboxylic acids is 1. The number of benzene rings is 2. The number of halogens is 3. The molecular weight excluding hydrogens is 375 g/mol. The third-order valence-electron chi connectivity index (χ3n) is 4.06. The Hall–Kier alpha value is -2.87. The minimum absolute atomic E-state index is 0.291. The monoisotopic (exact) mass is 395 g/mol. The standard InChI is InChI=1S/C20H20F3NO4/c1-4-28-18(25)19(26,20(21,22)23)15-7-10-17(13(2)11-15)24-12-14-5-8-16(27-3)9-6-14/h5-12,26H,4H2,1-3H3. The number of ether oxygens (including phenoxy) is 2. The van der Waals surface area contributed by atoms with Crippen molar-refractivity contribution in [2.24, 2.45) is 4.99 Å². The molecule has 0 spiro atoms. The average Bonchev–Trinajstić information content (AvgIpc) is 2.66. The Bertz CT molecular complexity index is 863. The van der Waals surface area contributed by atoms with Crippen LogP contribution in [0.5, 0.6) is 5.75 Å². The van der Waals surface area contributed by atoms with Crippen LogP contribution in [0.15, 0.2) is 47.5 Å². The van der Waals surface area contributed by atoms with Gasteiger partial charge in [-0.1, -0.05) is 12.1 Å². The number of rotatable bonds is 6. The van der Waals surface area contributed by atoms with Gasteiger partial charge in [-0.2, -0.15) is 13.2 Å². The van der Waals surface area contributed by atoms with Crippen LogP contribution < -0.4 is 4.74 Å². The highest BCUT2D eigenvalue weighted by Crippen LogP contribution is 2.41. The second-order valence-corrected chi connectivity index (χ2v) is 5.96. The lowest BCUT2D eigenvalue weighted by Gasteiger charge is -2.28. The Kier molecular flexibility index (Phi) is 6.45. The second kappa shape index (κ2) is 8.43. The van der Waals surface area contributed by atoms with E-state index in [0.717, 1.165) is 17.7 Å². The van der Waals surface area contributed by atoms with Gasteiger partial charge in [-0.3, -0.25) is 4.99 Å². The molecule has 0 aliphatic heterocycles. The largest absolute Gasteiger partial charge is 0.497 e. The van der Waals surface area contributed by atoms with Crippen molar-refractivity contribution in [1.29, 1.82) is 0 Å². The normalized spacial score (nSPS) is 14.0. The van der Waals surface area contributed by atoms with Crippen molar-refractivity contribution in [3.05, 3.63) is 59.2 Å². The van der Waals surface area contributed by atoms with E-state index in [9.17, 15) is 23.1 Å². The number of esters is 1. The fourth-order valence-corrected chi connectivity index (χ4v) is 2.49. The van der Waals surface area contributed by atoms with Gasteiger partial charge >= 0.3 is 12.1 Å². The van der Waals surface area contributed by atoms with Gasteiger partial charge in [-0.15, -0.1) is 0 Å². The summed E-state index contributed by atoms with van der Waals surface area (Å²) in [6.45, 7) is 2.60. The van der Waals surface area contributed by atoms with E-state index in [0.29, 0.717) is 17.0 Å². The fraction of sp³-hybridized carbons (Fsp3) is 0.300. The minimum atomic E-state index is -5.24. The maximum atomic E-state index is 13.4. The highest BCUT2D eigenvalue weighted by molar-refractivity contribution is 5.84. The number of methoxy groups -OCH3 is 1. The summed E-state index contributed by atoms with van der Waals surface area (Å²) in [4.78, 5) is 16.1. The number of alkyl halides is 3. The predicted molar refractivity (Wildman–Crippen MR) is 98.0 cm³/mol. The third-order valence-corrected chi connectivity index (χ3v) is 4.06. The first-order valence-electron chi connectivity index (χ1n) is 8.39. The van der Waals surface area contributed by atoms with Crippen molar-refractivity contribution in [1.82, 2.24) is 0 Å². The summed E-state index contributed by atoms with van der Waals surface area (Å²) in [5, 5.41) is 10.1. The van der Waals surface area contributed by atoms with Crippen LogP contribution in [0.2, 0.25) is 0 Å². The average molecular weight is 395 g/mol. The molecule has 1 unspecified atom stereocenters. The molecule has 0 aliphatic carbocycles. The summed E-state index contributed by atoms with van der Waals surface area (Å²) in [5.41, 5.74) is -2.85. The number of hydrogen-bond donors (Lipinski definition) is 1. The summed E-state index contributed by atoms with van der Waals surface area (Å²) in [6, 6.07) is 10.4. The number of aryl methyl sites for hydroxylation is 1. The molecule has 0 saturated heterocycles. The van der Waals surface area contributed by atoms with E-state index in [-0.39, 0.29) is 6.61 Å². The lowest BCUT2D eigenvalue weighted by atomic mass is 9.91. The predicted octanol–water partition coefficient (Wildman–Crippen LogP) is 4.07. The Morgan fingerprint density at radius 1 is 1.18 bits per heavy atom. The molecule has 0 amide bonds. The van der Waals surface area contributed by atoms with Crippen LogP contribution in [-0.4, -0.2) is 37.2 Å². The molecule has 0 bridgehead atoms.